The van der Waals surface area contributed by atoms with E-state index in [0.717, 1.165) is 22.0 Å². The van der Waals surface area contributed by atoms with E-state index in [1.165, 1.54) is 18.2 Å². The number of H-pyrrole nitrogens is 1. The van der Waals surface area contributed by atoms with E-state index in [2.05, 4.69) is 10.3 Å². The van der Waals surface area contributed by atoms with Crippen LogP contribution in [0.4, 0.5) is 0 Å². The third-order valence-corrected chi connectivity index (χ3v) is 6.20. The Morgan fingerprint density at radius 3 is 2.46 bits per heavy atom. The van der Waals surface area contributed by atoms with Crippen LogP contribution in [0.5, 0.6) is 5.75 Å². The molecule has 1 heterocycles. The van der Waals surface area contributed by atoms with Crippen LogP contribution in [0.15, 0.2) is 72.4 Å². The molecular formula is C28H21Cl2N3O4. The number of carbonyl (C=O) groups is 2. The fourth-order valence-corrected chi connectivity index (χ4v) is 4.37. The van der Waals surface area contributed by atoms with E-state index in [1.807, 2.05) is 36.5 Å². The average molecular weight is 534 g/mol. The highest BCUT2D eigenvalue weighted by molar-refractivity contribution is 6.37. The molecule has 3 aromatic carbocycles. The predicted molar refractivity (Wildman–Crippen MR) is 143 cm³/mol. The van der Waals surface area contributed by atoms with Crippen LogP contribution in [0.2, 0.25) is 10.0 Å². The Balaban J connectivity index is 1.39. The predicted octanol–water partition coefficient (Wildman–Crippen LogP) is 6.02. The lowest BCUT2D eigenvalue weighted by molar-refractivity contribution is -0.117. The Morgan fingerprint density at radius 1 is 1.08 bits per heavy atom. The molecule has 0 aliphatic rings. The molecule has 9 heteroatoms. The van der Waals surface area contributed by atoms with Crippen molar-refractivity contribution in [1.82, 2.24) is 10.3 Å². The number of carboxylic acid groups (broad SMARTS) is 1. The molecule has 1 amide bonds. The minimum atomic E-state index is -1.01. The van der Waals surface area contributed by atoms with Crippen LogP contribution in [0, 0.1) is 11.3 Å². The quantitative estimate of drug-likeness (QED) is 0.180. The molecule has 1 aromatic heterocycles. The first-order valence-electron chi connectivity index (χ1n) is 11.2. The number of carbonyl (C=O) groups excluding carboxylic acids is 1. The van der Waals surface area contributed by atoms with Crippen molar-refractivity contribution in [2.24, 2.45) is 0 Å². The SMILES string of the molecule is N#C/C(=C/c1cc(Cl)c(OCc2ccc(C(=O)O)cc2)c(Cl)c1)C(=O)NCCc1c[nH]c2ccccc12. The van der Waals surface area contributed by atoms with E-state index in [9.17, 15) is 14.9 Å². The van der Waals surface area contributed by atoms with Crippen LogP contribution in [0.3, 0.4) is 0 Å². The van der Waals surface area contributed by atoms with Gasteiger partial charge in [0.2, 0.25) is 0 Å². The summed E-state index contributed by atoms with van der Waals surface area (Å²) >= 11 is 12.7. The summed E-state index contributed by atoms with van der Waals surface area (Å²) in [5.74, 6) is -1.27. The van der Waals surface area contributed by atoms with Crippen molar-refractivity contribution < 1.29 is 19.4 Å². The molecule has 0 bridgehead atoms. The molecular weight excluding hydrogens is 513 g/mol. The minimum absolute atomic E-state index is 0.0850. The first-order chi connectivity index (χ1) is 17.9. The number of benzene rings is 3. The lowest BCUT2D eigenvalue weighted by atomic mass is 10.1. The van der Waals surface area contributed by atoms with Crippen LogP contribution in [-0.4, -0.2) is 28.5 Å². The molecule has 186 valence electrons. The van der Waals surface area contributed by atoms with Crippen molar-refractivity contribution in [1.29, 1.82) is 5.26 Å². The molecule has 0 saturated heterocycles. The van der Waals surface area contributed by atoms with Crippen molar-refractivity contribution in [2.75, 3.05) is 6.54 Å². The van der Waals surface area contributed by atoms with E-state index in [0.29, 0.717) is 18.5 Å². The third-order valence-electron chi connectivity index (χ3n) is 5.64. The van der Waals surface area contributed by atoms with E-state index in [1.54, 1.807) is 24.3 Å². The zero-order valence-electron chi connectivity index (χ0n) is 19.4. The smallest absolute Gasteiger partial charge is 0.335 e. The highest BCUT2D eigenvalue weighted by Gasteiger charge is 2.13. The van der Waals surface area contributed by atoms with Crippen molar-refractivity contribution in [3.63, 3.8) is 0 Å². The maximum absolute atomic E-state index is 12.6. The first kappa shape index (κ1) is 25.8. The van der Waals surface area contributed by atoms with Crippen LogP contribution in [-0.2, 0) is 17.8 Å². The topological polar surface area (TPSA) is 115 Å². The van der Waals surface area contributed by atoms with Gasteiger partial charge in [-0.2, -0.15) is 5.26 Å². The minimum Gasteiger partial charge on any atom is -0.486 e. The number of hydrogen-bond acceptors (Lipinski definition) is 4. The van der Waals surface area contributed by atoms with Gasteiger partial charge in [-0.25, -0.2) is 4.79 Å². The summed E-state index contributed by atoms with van der Waals surface area (Å²) in [7, 11) is 0. The van der Waals surface area contributed by atoms with Crippen LogP contribution < -0.4 is 10.1 Å². The van der Waals surface area contributed by atoms with Gasteiger partial charge in [0.1, 0.15) is 18.2 Å². The summed E-state index contributed by atoms with van der Waals surface area (Å²) in [6.07, 6.45) is 3.93. The number of hydrogen-bond donors (Lipinski definition) is 3. The van der Waals surface area contributed by atoms with Gasteiger partial charge < -0.3 is 20.1 Å². The summed E-state index contributed by atoms with van der Waals surface area (Å²) < 4.78 is 5.73. The average Bonchev–Trinajstić information content (AvgIpc) is 3.30. The summed E-state index contributed by atoms with van der Waals surface area (Å²) in [6, 6.07) is 19.2. The number of aromatic carboxylic acids is 1. The molecule has 0 unspecified atom stereocenters. The Labute approximate surface area is 222 Å². The van der Waals surface area contributed by atoms with Gasteiger partial charge in [-0.3, -0.25) is 4.79 Å². The van der Waals surface area contributed by atoms with E-state index >= 15 is 0 Å². The Morgan fingerprint density at radius 2 is 1.78 bits per heavy atom. The number of aromatic amines is 1. The standard InChI is InChI=1S/C28H21Cl2N3O4/c29-23-12-18(13-24(30)26(23)37-16-17-5-7-19(8-6-17)28(35)36)11-21(14-31)27(34)32-10-9-20-15-33-25-4-2-1-3-22(20)25/h1-8,11-13,15,33H,9-10,16H2,(H,32,34)(H,35,36)/b21-11-. The number of halogens is 2. The Kier molecular flexibility index (Phi) is 8.14. The number of amides is 1. The van der Waals surface area contributed by atoms with Crippen molar-refractivity contribution in [3.05, 3.63) is 105 Å². The molecule has 37 heavy (non-hydrogen) atoms. The lowest BCUT2D eigenvalue weighted by Gasteiger charge is -2.11. The molecule has 4 aromatic rings. The van der Waals surface area contributed by atoms with Crippen molar-refractivity contribution in [3.8, 4) is 11.8 Å². The largest absolute Gasteiger partial charge is 0.486 e. The summed E-state index contributed by atoms with van der Waals surface area (Å²) in [6.45, 7) is 0.484. The third kappa shape index (κ3) is 6.31. The van der Waals surface area contributed by atoms with Gasteiger partial charge in [-0.05, 0) is 59.5 Å². The van der Waals surface area contributed by atoms with E-state index in [4.69, 9.17) is 33.0 Å². The second kappa shape index (κ2) is 11.7. The summed E-state index contributed by atoms with van der Waals surface area (Å²) in [5, 5.41) is 22.8. The number of rotatable bonds is 9. The lowest BCUT2D eigenvalue weighted by Crippen LogP contribution is -2.26. The number of nitriles is 1. The van der Waals surface area contributed by atoms with Crippen molar-refractivity contribution >= 4 is 52.1 Å². The number of nitrogens with one attached hydrogen (secondary N) is 2. The van der Waals surface area contributed by atoms with Gasteiger partial charge in [-0.15, -0.1) is 0 Å². The van der Waals surface area contributed by atoms with E-state index in [-0.39, 0.29) is 33.5 Å². The number of aromatic nitrogens is 1. The molecule has 0 atom stereocenters. The fraction of sp³-hybridized carbons (Fsp3) is 0.107. The number of nitrogens with zero attached hydrogens (tertiary/aromatic N) is 1. The van der Waals surface area contributed by atoms with Gasteiger partial charge in [0.15, 0.2) is 5.75 Å². The van der Waals surface area contributed by atoms with Gasteiger partial charge >= 0.3 is 5.97 Å². The fourth-order valence-electron chi connectivity index (χ4n) is 3.76. The monoisotopic (exact) mass is 533 g/mol. The van der Waals surface area contributed by atoms with Gasteiger partial charge in [0, 0.05) is 23.6 Å². The second-order valence-corrected chi connectivity index (χ2v) is 8.95. The summed E-state index contributed by atoms with van der Waals surface area (Å²) in [5.41, 5.74) is 3.39. The Hall–Kier alpha value is -4.25. The normalized spacial score (nSPS) is 11.2. The molecule has 0 spiro atoms. The number of ether oxygens (including phenoxy) is 1. The van der Waals surface area contributed by atoms with Crippen LogP contribution in [0.1, 0.15) is 27.0 Å². The number of fused-ring (bicyclic) bond motifs is 1. The summed E-state index contributed by atoms with van der Waals surface area (Å²) in [4.78, 5) is 26.8. The second-order valence-electron chi connectivity index (χ2n) is 8.14. The number of carboxylic acids is 1. The molecule has 0 fully saturated rings. The zero-order valence-corrected chi connectivity index (χ0v) is 20.9. The van der Waals surface area contributed by atoms with Crippen LogP contribution >= 0.6 is 23.2 Å². The van der Waals surface area contributed by atoms with Crippen molar-refractivity contribution in [2.45, 2.75) is 13.0 Å². The maximum atomic E-state index is 12.6. The van der Waals surface area contributed by atoms with E-state index < -0.39 is 11.9 Å². The zero-order chi connectivity index (χ0) is 26.4. The van der Waals surface area contributed by atoms with Crippen LogP contribution in [0.25, 0.3) is 17.0 Å². The molecule has 7 nitrogen and oxygen atoms in total. The van der Waals surface area contributed by atoms with Gasteiger partial charge in [0.05, 0.1) is 15.6 Å². The maximum Gasteiger partial charge on any atom is 0.335 e. The highest BCUT2D eigenvalue weighted by atomic mass is 35.5. The first-order valence-corrected chi connectivity index (χ1v) is 12.0. The highest BCUT2D eigenvalue weighted by Crippen LogP contribution is 2.35. The molecule has 4 rings (SSSR count). The molecule has 0 saturated carbocycles. The van der Waals surface area contributed by atoms with Gasteiger partial charge in [-0.1, -0.05) is 53.5 Å². The Bertz CT molecular complexity index is 1510. The number of para-hydroxylation sites is 1. The molecule has 3 N–H and O–H groups in total. The van der Waals surface area contributed by atoms with Gasteiger partial charge in [0.25, 0.3) is 5.91 Å². The molecule has 0 aliphatic carbocycles. The molecule has 0 aliphatic heterocycles. The molecule has 0 radical (unpaired) electrons.